The molecule has 0 amide bonds. The summed E-state index contributed by atoms with van der Waals surface area (Å²) in [5.74, 6) is 0. The third-order valence-electron chi connectivity index (χ3n) is 2.16. The number of hydrogen-bond donors (Lipinski definition) is 0. The zero-order valence-electron chi connectivity index (χ0n) is 7.50. The highest BCUT2D eigenvalue weighted by Gasteiger charge is 2.25. The molecule has 1 nitrogen and oxygen atoms in total. The van der Waals surface area contributed by atoms with E-state index in [0.717, 1.165) is 6.61 Å². The molecule has 0 unspecified atom stereocenters. The molecule has 0 saturated heterocycles. The highest BCUT2D eigenvalue weighted by Crippen LogP contribution is 2.28. The summed E-state index contributed by atoms with van der Waals surface area (Å²) < 4.78 is 5.64. The summed E-state index contributed by atoms with van der Waals surface area (Å²) in [5, 5.41) is 0. The normalized spacial score (nSPS) is 20.2. The van der Waals surface area contributed by atoms with E-state index in [0.29, 0.717) is 0 Å². The van der Waals surface area contributed by atoms with E-state index in [2.05, 4.69) is 38.5 Å². The largest absolute Gasteiger partial charge is 0.370 e. The molecule has 0 bridgehead atoms. The highest BCUT2D eigenvalue weighted by molar-refractivity contribution is 5.36. The predicted octanol–water partition coefficient (Wildman–Crippen LogP) is 2.55. The van der Waals surface area contributed by atoms with Crippen LogP contribution in [-0.4, -0.2) is 5.60 Å². The lowest BCUT2D eigenvalue weighted by Gasteiger charge is -2.31. The van der Waals surface area contributed by atoms with Gasteiger partial charge in [-0.15, -0.1) is 0 Å². The van der Waals surface area contributed by atoms with E-state index in [1.807, 2.05) is 6.07 Å². The van der Waals surface area contributed by atoms with Gasteiger partial charge in [-0.2, -0.15) is 0 Å². The van der Waals surface area contributed by atoms with Crippen LogP contribution in [0.2, 0.25) is 0 Å². The first-order valence-corrected chi connectivity index (χ1v) is 4.25. The first-order chi connectivity index (χ1) is 5.67. The fraction of sp³-hybridized carbons (Fsp3) is 0.364. The van der Waals surface area contributed by atoms with Crippen molar-refractivity contribution >= 4 is 0 Å². The quantitative estimate of drug-likeness (QED) is 0.568. The van der Waals surface area contributed by atoms with E-state index >= 15 is 0 Å². The van der Waals surface area contributed by atoms with Gasteiger partial charge in [-0.05, 0) is 25.0 Å². The summed E-state index contributed by atoms with van der Waals surface area (Å²) in [7, 11) is 0. The average molecular weight is 161 g/mol. The summed E-state index contributed by atoms with van der Waals surface area (Å²) in [6.45, 7) is 4.91. The van der Waals surface area contributed by atoms with Crippen molar-refractivity contribution in [1.29, 1.82) is 0 Å². The molecule has 1 aliphatic heterocycles. The van der Waals surface area contributed by atoms with Crippen LogP contribution in [-0.2, 0) is 11.3 Å². The van der Waals surface area contributed by atoms with Crippen LogP contribution >= 0.6 is 0 Å². The maximum absolute atomic E-state index is 5.64. The summed E-state index contributed by atoms with van der Waals surface area (Å²) >= 11 is 0. The van der Waals surface area contributed by atoms with Gasteiger partial charge < -0.3 is 4.74 Å². The maximum Gasteiger partial charge on any atom is 0.0727 e. The molecule has 1 aliphatic rings. The first-order valence-electron chi connectivity index (χ1n) is 4.25. The van der Waals surface area contributed by atoms with Crippen molar-refractivity contribution in [2.24, 2.45) is 0 Å². The minimum Gasteiger partial charge on any atom is -0.370 e. The molecule has 0 aromatic heterocycles. The standard InChI is InChI=1S/C11H13O/c1-11(2)7-9-5-3-4-6-10(9)8-12-11/h3-7H,8H2,1-2H3. The summed E-state index contributed by atoms with van der Waals surface area (Å²) in [6, 6.07) is 8.37. The van der Waals surface area contributed by atoms with Crippen molar-refractivity contribution in [3.05, 3.63) is 41.8 Å². The molecule has 1 heteroatoms. The summed E-state index contributed by atoms with van der Waals surface area (Å²) in [6.07, 6.45) is 2.17. The van der Waals surface area contributed by atoms with Crippen LogP contribution in [0.3, 0.4) is 0 Å². The second kappa shape index (κ2) is 2.60. The lowest BCUT2D eigenvalue weighted by Crippen LogP contribution is -2.29. The fourth-order valence-corrected chi connectivity index (χ4v) is 1.49. The van der Waals surface area contributed by atoms with Crippen molar-refractivity contribution < 1.29 is 4.74 Å². The summed E-state index contributed by atoms with van der Waals surface area (Å²) in [5.41, 5.74) is 2.50. The van der Waals surface area contributed by atoms with Crippen LogP contribution in [0.1, 0.15) is 25.0 Å². The Labute approximate surface area is 73.4 Å². The van der Waals surface area contributed by atoms with E-state index in [1.54, 1.807) is 0 Å². The average Bonchev–Trinajstić information content (AvgIpc) is 2.02. The SMILES string of the molecule is CC1(C)[CH]c2ccccc2CO1. The van der Waals surface area contributed by atoms with Crippen LogP contribution in [0.5, 0.6) is 0 Å². The van der Waals surface area contributed by atoms with Crippen molar-refractivity contribution in [2.75, 3.05) is 0 Å². The van der Waals surface area contributed by atoms with Gasteiger partial charge in [0.15, 0.2) is 0 Å². The Bertz CT molecular complexity index is 289. The second-order valence-corrected chi connectivity index (χ2v) is 3.74. The van der Waals surface area contributed by atoms with Gasteiger partial charge in [0, 0.05) is 6.42 Å². The molecule has 0 fully saturated rings. The third-order valence-corrected chi connectivity index (χ3v) is 2.16. The molecule has 1 heterocycles. The molecular formula is C11H13O. The lowest BCUT2D eigenvalue weighted by molar-refractivity contribution is -0.0113. The number of hydrogen-bond acceptors (Lipinski definition) is 1. The Balaban J connectivity index is 2.35. The van der Waals surface area contributed by atoms with Crippen molar-refractivity contribution in [3.8, 4) is 0 Å². The zero-order chi connectivity index (χ0) is 8.60. The molecule has 1 radical (unpaired) electrons. The third kappa shape index (κ3) is 1.37. The lowest BCUT2D eigenvalue weighted by atomic mass is 9.92. The van der Waals surface area contributed by atoms with Gasteiger partial charge in [0.25, 0.3) is 0 Å². The molecule has 12 heavy (non-hydrogen) atoms. The van der Waals surface area contributed by atoms with E-state index in [1.165, 1.54) is 11.1 Å². The van der Waals surface area contributed by atoms with Crippen LogP contribution in [0.25, 0.3) is 0 Å². The molecule has 63 valence electrons. The van der Waals surface area contributed by atoms with Crippen LogP contribution in [0.15, 0.2) is 24.3 Å². The predicted molar refractivity (Wildman–Crippen MR) is 48.7 cm³/mol. The molecular weight excluding hydrogens is 148 g/mol. The van der Waals surface area contributed by atoms with Gasteiger partial charge in [0.1, 0.15) is 0 Å². The molecule has 0 N–H and O–H groups in total. The Hall–Kier alpha value is -0.820. The van der Waals surface area contributed by atoms with E-state index in [-0.39, 0.29) is 5.60 Å². The van der Waals surface area contributed by atoms with Gasteiger partial charge in [-0.1, -0.05) is 24.3 Å². The fourth-order valence-electron chi connectivity index (χ4n) is 1.49. The maximum atomic E-state index is 5.64. The highest BCUT2D eigenvalue weighted by atomic mass is 16.5. The number of rotatable bonds is 0. The first kappa shape index (κ1) is 7.81. The molecule has 2 rings (SSSR count). The molecule has 0 saturated carbocycles. The number of benzene rings is 1. The van der Waals surface area contributed by atoms with Crippen LogP contribution in [0.4, 0.5) is 0 Å². The van der Waals surface area contributed by atoms with E-state index < -0.39 is 0 Å². The minimum atomic E-state index is -0.103. The Kier molecular flexibility index (Phi) is 1.69. The monoisotopic (exact) mass is 161 g/mol. The summed E-state index contributed by atoms with van der Waals surface area (Å²) in [4.78, 5) is 0. The number of ether oxygens (including phenoxy) is 1. The van der Waals surface area contributed by atoms with Gasteiger partial charge in [0.05, 0.1) is 12.2 Å². The van der Waals surface area contributed by atoms with Crippen LogP contribution in [0, 0.1) is 6.42 Å². The smallest absolute Gasteiger partial charge is 0.0727 e. The minimum absolute atomic E-state index is 0.103. The zero-order valence-corrected chi connectivity index (χ0v) is 7.50. The van der Waals surface area contributed by atoms with Crippen molar-refractivity contribution in [3.63, 3.8) is 0 Å². The number of fused-ring (bicyclic) bond motifs is 1. The Morgan fingerprint density at radius 2 is 2.00 bits per heavy atom. The van der Waals surface area contributed by atoms with Gasteiger partial charge >= 0.3 is 0 Å². The van der Waals surface area contributed by atoms with Crippen molar-refractivity contribution in [2.45, 2.75) is 26.1 Å². The van der Waals surface area contributed by atoms with Gasteiger partial charge in [-0.25, -0.2) is 0 Å². The van der Waals surface area contributed by atoms with Gasteiger partial charge in [0.2, 0.25) is 0 Å². The molecule has 0 aliphatic carbocycles. The van der Waals surface area contributed by atoms with Crippen LogP contribution < -0.4 is 0 Å². The van der Waals surface area contributed by atoms with Gasteiger partial charge in [-0.3, -0.25) is 0 Å². The van der Waals surface area contributed by atoms with E-state index in [4.69, 9.17) is 4.74 Å². The molecule has 0 atom stereocenters. The molecule has 1 aromatic carbocycles. The Morgan fingerprint density at radius 1 is 1.25 bits per heavy atom. The molecule has 1 aromatic rings. The second-order valence-electron chi connectivity index (χ2n) is 3.74. The molecule has 0 spiro atoms. The van der Waals surface area contributed by atoms with Crippen molar-refractivity contribution in [1.82, 2.24) is 0 Å². The Morgan fingerprint density at radius 3 is 2.83 bits per heavy atom. The van der Waals surface area contributed by atoms with E-state index in [9.17, 15) is 0 Å². The topological polar surface area (TPSA) is 9.23 Å².